The third-order valence-corrected chi connectivity index (χ3v) is 6.49. The zero-order valence-electron chi connectivity index (χ0n) is 22.3. The van der Waals surface area contributed by atoms with E-state index >= 15 is 0 Å². The molecule has 202 valence electrons. The van der Waals surface area contributed by atoms with E-state index in [0.29, 0.717) is 17.4 Å². The highest BCUT2D eigenvalue weighted by molar-refractivity contribution is 7.47. The van der Waals surface area contributed by atoms with E-state index < -0.39 is 20.0 Å². The SMILES string of the molecule is CCCCCCCCCC/C=C/C(O)C(COP(=O)(O)OCC[N+](C)(C)C)NC(=O)CCCC. The van der Waals surface area contributed by atoms with Crippen molar-refractivity contribution >= 4 is 13.7 Å². The number of carbonyl (C=O) groups excluding carboxylic acids is 1. The molecule has 0 aliphatic heterocycles. The molecule has 8 nitrogen and oxygen atoms in total. The second-order valence-electron chi connectivity index (χ2n) is 10.1. The lowest BCUT2D eigenvalue weighted by molar-refractivity contribution is -0.870. The number of quaternary nitrogens is 1. The van der Waals surface area contributed by atoms with Crippen molar-refractivity contribution < 1.29 is 32.9 Å². The van der Waals surface area contributed by atoms with Gasteiger partial charge in [0.15, 0.2) is 0 Å². The number of rotatable bonds is 22. The van der Waals surface area contributed by atoms with Gasteiger partial charge in [-0.25, -0.2) is 4.57 Å². The third kappa shape index (κ3) is 20.6. The Bertz CT molecular complexity index is 594. The Morgan fingerprint density at radius 3 is 2.15 bits per heavy atom. The number of allylic oxidation sites excluding steroid dienone is 1. The third-order valence-electron chi connectivity index (χ3n) is 5.51. The Kier molecular flexibility index (Phi) is 19.0. The van der Waals surface area contributed by atoms with Gasteiger partial charge in [0.2, 0.25) is 5.91 Å². The number of nitrogens with one attached hydrogen (secondary N) is 1. The summed E-state index contributed by atoms with van der Waals surface area (Å²) in [6.45, 7) is 4.49. The zero-order chi connectivity index (χ0) is 25.9. The molecule has 9 heteroatoms. The number of aliphatic hydroxyl groups is 1. The van der Waals surface area contributed by atoms with Crippen molar-refractivity contribution in [2.45, 2.75) is 103 Å². The Balaban J connectivity index is 4.59. The minimum atomic E-state index is -4.29. The molecule has 0 bridgehead atoms. The Morgan fingerprint density at radius 1 is 0.971 bits per heavy atom. The maximum absolute atomic E-state index is 12.2. The van der Waals surface area contributed by atoms with Crippen LogP contribution < -0.4 is 5.32 Å². The summed E-state index contributed by atoms with van der Waals surface area (Å²) in [4.78, 5) is 22.2. The van der Waals surface area contributed by atoms with Crippen LogP contribution >= 0.6 is 7.82 Å². The Labute approximate surface area is 208 Å². The van der Waals surface area contributed by atoms with Crippen molar-refractivity contribution in [2.24, 2.45) is 0 Å². The molecule has 0 rings (SSSR count). The van der Waals surface area contributed by atoms with Crippen molar-refractivity contribution in [2.75, 3.05) is 40.9 Å². The molecule has 0 saturated carbocycles. The van der Waals surface area contributed by atoms with E-state index in [2.05, 4.69) is 12.2 Å². The predicted molar refractivity (Wildman–Crippen MR) is 138 cm³/mol. The number of nitrogens with zero attached hydrogens (tertiary/aromatic N) is 1. The van der Waals surface area contributed by atoms with E-state index in [1.54, 1.807) is 6.08 Å². The van der Waals surface area contributed by atoms with Gasteiger partial charge in [0.1, 0.15) is 13.2 Å². The van der Waals surface area contributed by atoms with Crippen LogP contribution in [0.5, 0.6) is 0 Å². The molecular formula is C25H52N2O6P+. The first kappa shape index (κ1) is 33.2. The first-order chi connectivity index (χ1) is 16.0. The molecule has 0 fully saturated rings. The zero-order valence-corrected chi connectivity index (χ0v) is 23.2. The molecule has 3 N–H and O–H groups in total. The molecule has 0 radical (unpaired) electrons. The lowest BCUT2D eigenvalue weighted by atomic mass is 10.1. The van der Waals surface area contributed by atoms with Crippen LogP contribution in [0.1, 0.15) is 90.9 Å². The van der Waals surface area contributed by atoms with Gasteiger partial charge >= 0.3 is 7.82 Å². The first-order valence-corrected chi connectivity index (χ1v) is 14.6. The summed E-state index contributed by atoms with van der Waals surface area (Å²) in [6, 6.07) is -0.832. The molecule has 0 aromatic carbocycles. The quantitative estimate of drug-likeness (QED) is 0.0829. The average Bonchev–Trinajstić information content (AvgIpc) is 2.75. The molecular weight excluding hydrogens is 455 g/mol. The van der Waals surface area contributed by atoms with E-state index in [4.69, 9.17) is 9.05 Å². The predicted octanol–water partition coefficient (Wildman–Crippen LogP) is 4.95. The monoisotopic (exact) mass is 507 g/mol. The molecule has 0 aromatic heterocycles. The molecule has 3 atom stereocenters. The molecule has 34 heavy (non-hydrogen) atoms. The molecule has 0 saturated heterocycles. The van der Waals surface area contributed by atoms with E-state index in [-0.39, 0.29) is 19.1 Å². The minimum absolute atomic E-state index is 0.0614. The van der Waals surface area contributed by atoms with Crippen molar-refractivity contribution in [3.8, 4) is 0 Å². The van der Waals surface area contributed by atoms with E-state index in [9.17, 15) is 19.4 Å². The molecule has 0 spiro atoms. The number of hydrogen-bond donors (Lipinski definition) is 3. The van der Waals surface area contributed by atoms with Crippen LogP contribution in [-0.2, 0) is 18.4 Å². The van der Waals surface area contributed by atoms with Gasteiger partial charge in [0.05, 0.1) is 39.9 Å². The number of hydrogen-bond acceptors (Lipinski definition) is 5. The lowest BCUT2D eigenvalue weighted by Crippen LogP contribution is -2.45. The van der Waals surface area contributed by atoms with Crippen LogP contribution in [0.2, 0.25) is 0 Å². The van der Waals surface area contributed by atoms with Crippen molar-refractivity contribution in [1.29, 1.82) is 0 Å². The fraction of sp³-hybridized carbons (Fsp3) is 0.880. The van der Waals surface area contributed by atoms with Gasteiger partial charge in [-0.1, -0.05) is 77.4 Å². The summed E-state index contributed by atoms with van der Waals surface area (Å²) in [5.41, 5.74) is 0. The highest BCUT2D eigenvalue weighted by atomic mass is 31.2. The molecule has 1 amide bonds. The summed E-state index contributed by atoms with van der Waals surface area (Å²) in [5.74, 6) is -0.218. The van der Waals surface area contributed by atoms with E-state index in [1.807, 2.05) is 34.1 Å². The second kappa shape index (κ2) is 19.4. The maximum atomic E-state index is 12.2. The number of likely N-dealkylation sites (N-methyl/N-ethyl adjacent to an activating group) is 1. The fourth-order valence-corrected chi connectivity index (χ4v) is 3.99. The van der Waals surface area contributed by atoms with Crippen LogP contribution in [0.15, 0.2) is 12.2 Å². The number of phosphoric ester groups is 1. The molecule has 0 heterocycles. The van der Waals surface area contributed by atoms with Gasteiger partial charge in [0.25, 0.3) is 0 Å². The number of aliphatic hydroxyl groups excluding tert-OH is 1. The van der Waals surface area contributed by atoms with Crippen LogP contribution in [0.4, 0.5) is 0 Å². The average molecular weight is 508 g/mol. The highest BCUT2D eigenvalue weighted by Crippen LogP contribution is 2.43. The van der Waals surface area contributed by atoms with Crippen LogP contribution in [0.25, 0.3) is 0 Å². The molecule has 3 unspecified atom stereocenters. The number of phosphoric acid groups is 1. The van der Waals surface area contributed by atoms with Crippen LogP contribution in [0.3, 0.4) is 0 Å². The molecule has 0 aliphatic carbocycles. The van der Waals surface area contributed by atoms with Crippen molar-refractivity contribution in [3.05, 3.63) is 12.2 Å². The smallest absolute Gasteiger partial charge is 0.387 e. The second-order valence-corrected chi connectivity index (χ2v) is 11.5. The van der Waals surface area contributed by atoms with Crippen LogP contribution in [-0.4, -0.2) is 73.4 Å². The summed E-state index contributed by atoms with van der Waals surface area (Å²) in [6.07, 6.45) is 15.2. The van der Waals surface area contributed by atoms with Gasteiger partial charge < -0.3 is 19.8 Å². The Morgan fingerprint density at radius 2 is 1.56 bits per heavy atom. The summed E-state index contributed by atoms with van der Waals surface area (Å²) in [5, 5.41) is 13.3. The van der Waals surface area contributed by atoms with Crippen molar-refractivity contribution in [3.63, 3.8) is 0 Å². The summed E-state index contributed by atoms with van der Waals surface area (Å²) < 4.78 is 22.9. The lowest BCUT2D eigenvalue weighted by Gasteiger charge is -2.25. The summed E-state index contributed by atoms with van der Waals surface area (Å²) >= 11 is 0. The fourth-order valence-electron chi connectivity index (χ4n) is 3.25. The number of unbranched alkanes of at least 4 members (excludes halogenated alkanes) is 9. The number of carbonyl (C=O) groups is 1. The first-order valence-electron chi connectivity index (χ1n) is 13.1. The van der Waals surface area contributed by atoms with Crippen LogP contribution in [0, 0.1) is 0 Å². The normalized spacial score (nSPS) is 15.9. The minimum Gasteiger partial charge on any atom is -0.387 e. The van der Waals surface area contributed by atoms with E-state index in [0.717, 1.165) is 32.1 Å². The number of amides is 1. The largest absolute Gasteiger partial charge is 0.472 e. The van der Waals surface area contributed by atoms with Crippen molar-refractivity contribution in [1.82, 2.24) is 5.32 Å². The van der Waals surface area contributed by atoms with E-state index in [1.165, 1.54) is 38.5 Å². The summed E-state index contributed by atoms with van der Waals surface area (Å²) in [7, 11) is 1.56. The maximum Gasteiger partial charge on any atom is 0.472 e. The standard InChI is InChI=1S/C25H51N2O6P/c1-6-8-10-11-12-13-14-15-16-17-18-24(28)23(26-25(29)19-9-7-2)22-33-34(30,31)32-21-20-27(3,4)5/h17-18,23-24,28H,6-16,19-22H2,1-5H3,(H-,26,29,30,31)/p+1/b18-17+. The topological polar surface area (TPSA) is 105 Å². The van der Waals surface area contributed by atoms with Gasteiger partial charge in [-0.3, -0.25) is 13.8 Å². The van der Waals surface area contributed by atoms with Gasteiger partial charge in [-0.05, 0) is 19.3 Å². The van der Waals surface area contributed by atoms with Gasteiger partial charge in [-0.15, -0.1) is 0 Å². The van der Waals surface area contributed by atoms with Gasteiger partial charge in [-0.2, -0.15) is 0 Å². The highest BCUT2D eigenvalue weighted by Gasteiger charge is 2.27. The Hall–Kier alpha value is -0.760. The molecule has 0 aromatic rings. The molecule has 0 aliphatic rings. The van der Waals surface area contributed by atoms with Gasteiger partial charge in [0, 0.05) is 6.42 Å².